The molecular formula is C12H17F3N4O. The number of anilines is 2. The molecule has 20 heavy (non-hydrogen) atoms. The van der Waals surface area contributed by atoms with Crippen molar-refractivity contribution in [2.45, 2.75) is 37.9 Å². The van der Waals surface area contributed by atoms with Gasteiger partial charge in [-0.2, -0.15) is 13.2 Å². The number of aromatic nitrogens is 2. The lowest BCUT2D eigenvalue weighted by atomic mass is 10.2. The Morgan fingerprint density at radius 2 is 1.95 bits per heavy atom. The summed E-state index contributed by atoms with van der Waals surface area (Å²) >= 11 is 0. The second kappa shape index (κ2) is 5.82. The highest BCUT2D eigenvalue weighted by molar-refractivity contribution is 5.48. The Bertz CT molecular complexity index is 461. The molecule has 0 spiro atoms. The normalized spacial score (nSPS) is 16.6. The standard InChI is InChI=1S/C12H17F3N4O/c13-12(14,15)11-17-9(16)7-10(18-11)19(5-6-20)8-3-1-2-4-8/h7-8,20H,1-6H2,(H2,16,17,18). The summed E-state index contributed by atoms with van der Waals surface area (Å²) in [6, 6.07) is 1.42. The number of nitrogens with zero attached hydrogens (tertiary/aromatic N) is 3. The molecule has 1 aliphatic carbocycles. The van der Waals surface area contributed by atoms with Gasteiger partial charge in [0.05, 0.1) is 6.61 Å². The van der Waals surface area contributed by atoms with Gasteiger partial charge < -0.3 is 15.7 Å². The smallest absolute Gasteiger partial charge is 0.395 e. The molecule has 1 heterocycles. The number of hydrogen-bond acceptors (Lipinski definition) is 5. The third-order valence-corrected chi connectivity index (χ3v) is 3.39. The van der Waals surface area contributed by atoms with Crippen LogP contribution in [0.1, 0.15) is 31.5 Å². The topological polar surface area (TPSA) is 75.3 Å². The first kappa shape index (κ1) is 14.8. The van der Waals surface area contributed by atoms with Gasteiger partial charge in [-0.15, -0.1) is 0 Å². The van der Waals surface area contributed by atoms with Gasteiger partial charge in [0.2, 0.25) is 5.82 Å². The minimum absolute atomic E-state index is 0.0949. The molecule has 0 amide bonds. The molecule has 8 heteroatoms. The zero-order valence-electron chi connectivity index (χ0n) is 10.9. The van der Waals surface area contributed by atoms with Gasteiger partial charge in [0.15, 0.2) is 0 Å². The predicted octanol–water partition coefficient (Wildman–Crippen LogP) is 1.82. The Balaban J connectivity index is 2.34. The fraction of sp³-hybridized carbons (Fsp3) is 0.667. The highest BCUT2D eigenvalue weighted by Gasteiger charge is 2.36. The summed E-state index contributed by atoms with van der Waals surface area (Å²) in [4.78, 5) is 8.49. The van der Waals surface area contributed by atoms with Crippen LogP contribution in [-0.4, -0.2) is 34.3 Å². The second-order valence-electron chi connectivity index (χ2n) is 4.83. The summed E-state index contributed by atoms with van der Waals surface area (Å²) in [5.74, 6) is -1.33. The van der Waals surface area contributed by atoms with E-state index in [1.807, 2.05) is 0 Å². The van der Waals surface area contributed by atoms with Crippen molar-refractivity contribution < 1.29 is 18.3 Å². The van der Waals surface area contributed by atoms with Crippen LogP contribution in [0.5, 0.6) is 0 Å². The Hall–Kier alpha value is -1.57. The van der Waals surface area contributed by atoms with E-state index in [1.165, 1.54) is 6.07 Å². The SMILES string of the molecule is Nc1cc(N(CCO)C2CCCC2)nc(C(F)(F)F)n1. The Kier molecular flexibility index (Phi) is 4.32. The summed E-state index contributed by atoms with van der Waals surface area (Å²) in [6.07, 6.45) is -0.820. The molecule has 1 saturated carbocycles. The van der Waals surface area contributed by atoms with E-state index in [0.717, 1.165) is 25.7 Å². The van der Waals surface area contributed by atoms with Crippen molar-refractivity contribution in [3.8, 4) is 0 Å². The highest BCUT2D eigenvalue weighted by Crippen LogP contribution is 2.31. The van der Waals surface area contributed by atoms with Crippen LogP contribution in [0.2, 0.25) is 0 Å². The summed E-state index contributed by atoms with van der Waals surface area (Å²) < 4.78 is 38.2. The largest absolute Gasteiger partial charge is 0.451 e. The van der Waals surface area contributed by atoms with Crippen molar-refractivity contribution in [3.63, 3.8) is 0 Å². The minimum Gasteiger partial charge on any atom is -0.395 e. The van der Waals surface area contributed by atoms with Gasteiger partial charge in [0.25, 0.3) is 0 Å². The van der Waals surface area contributed by atoms with Gasteiger partial charge in [-0.1, -0.05) is 12.8 Å². The molecule has 0 aliphatic heterocycles. The summed E-state index contributed by atoms with van der Waals surface area (Å²) in [6.45, 7) is 0.0835. The van der Waals surface area contributed by atoms with Crippen LogP contribution in [0.4, 0.5) is 24.8 Å². The zero-order valence-corrected chi connectivity index (χ0v) is 10.9. The molecule has 1 aromatic rings. The maximum absolute atomic E-state index is 12.7. The second-order valence-corrected chi connectivity index (χ2v) is 4.83. The number of rotatable bonds is 4. The van der Waals surface area contributed by atoms with Gasteiger partial charge in [0, 0.05) is 18.7 Å². The van der Waals surface area contributed by atoms with Crippen LogP contribution in [-0.2, 0) is 6.18 Å². The Labute approximate surface area is 114 Å². The first-order valence-electron chi connectivity index (χ1n) is 6.51. The molecule has 0 atom stereocenters. The van der Waals surface area contributed by atoms with Crippen molar-refractivity contribution in [1.82, 2.24) is 9.97 Å². The van der Waals surface area contributed by atoms with Crippen LogP contribution < -0.4 is 10.6 Å². The van der Waals surface area contributed by atoms with Crippen molar-refractivity contribution in [1.29, 1.82) is 0 Å². The molecular weight excluding hydrogens is 273 g/mol. The number of aliphatic hydroxyl groups excluding tert-OH is 1. The summed E-state index contributed by atoms with van der Waals surface area (Å²) in [5.41, 5.74) is 5.45. The number of halogens is 3. The van der Waals surface area contributed by atoms with E-state index < -0.39 is 12.0 Å². The highest BCUT2D eigenvalue weighted by atomic mass is 19.4. The molecule has 1 aliphatic rings. The fourth-order valence-electron chi connectivity index (χ4n) is 2.53. The first-order chi connectivity index (χ1) is 9.41. The van der Waals surface area contributed by atoms with Crippen molar-refractivity contribution in [2.75, 3.05) is 23.8 Å². The maximum atomic E-state index is 12.7. The van der Waals surface area contributed by atoms with Crippen molar-refractivity contribution in [3.05, 3.63) is 11.9 Å². The lowest BCUT2D eigenvalue weighted by molar-refractivity contribution is -0.144. The van der Waals surface area contributed by atoms with Crippen LogP contribution in [0.3, 0.4) is 0 Å². The molecule has 112 valence electrons. The summed E-state index contributed by atoms with van der Waals surface area (Å²) in [5, 5.41) is 9.12. The van der Waals surface area contributed by atoms with Crippen molar-refractivity contribution in [2.24, 2.45) is 0 Å². The lowest BCUT2D eigenvalue weighted by Crippen LogP contribution is -2.37. The van der Waals surface area contributed by atoms with Gasteiger partial charge in [-0.25, -0.2) is 9.97 Å². The molecule has 0 unspecified atom stereocenters. The Morgan fingerprint density at radius 3 is 2.50 bits per heavy atom. The van der Waals surface area contributed by atoms with Gasteiger partial charge >= 0.3 is 6.18 Å². The molecule has 5 nitrogen and oxygen atoms in total. The third-order valence-electron chi connectivity index (χ3n) is 3.39. The first-order valence-corrected chi connectivity index (χ1v) is 6.51. The van der Waals surface area contributed by atoms with E-state index in [9.17, 15) is 13.2 Å². The molecule has 3 N–H and O–H groups in total. The van der Waals surface area contributed by atoms with Gasteiger partial charge in [-0.05, 0) is 12.8 Å². The quantitative estimate of drug-likeness (QED) is 0.884. The van der Waals surface area contributed by atoms with E-state index in [2.05, 4.69) is 9.97 Å². The van der Waals surface area contributed by atoms with E-state index in [0.29, 0.717) is 0 Å². The minimum atomic E-state index is -4.63. The molecule has 1 fully saturated rings. The van der Waals surface area contributed by atoms with Gasteiger partial charge in [0.1, 0.15) is 11.6 Å². The van der Waals surface area contributed by atoms with Crippen LogP contribution in [0, 0.1) is 0 Å². The van der Waals surface area contributed by atoms with E-state index in [1.54, 1.807) is 4.90 Å². The number of hydrogen-bond donors (Lipinski definition) is 2. The summed E-state index contributed by atoms with van der Waals surface area (Å²) in [7, 11) is 0. The van der Waals surface area contributed by atoms with Crippen LogP contribution in [0.25, 0.3) is 0 Å². The van der Waals surface area contributed by atoms with E-state index >= 15 is 0 Å². The van der Waals surface area contributed by atoms with Gasteiger partial charge in [-0.3, -0.25) is 0 Å². The number of aliphatic hydroxyl groups is 1. The molecule has 0 aromatic carbocycles. The van der Waals surface area contributed by atoms with Crippen molar-refractivity contribution >= 4 is 11.6 Å². The molecule has 2 rings (SSSR count). The third kappa shape index (κ3) is 3.30. The number of nitrogens with two attached hydrogens (primary N) is 1. The van der Waals surface area contributed by atoms with E-state index in [4.69, 9.17) is 10.8 Å². The number of alkyl halides is 3. The van der Waals surface area contributed by atoms with Crippen LogP contribution >= 0.6 is 0 Å². The maximum Gasteiger partial charge on any atom is 0.451 e. The average molecular weight is 290 g/mol. The number of nitrogen functional groups attached to an aromatic ring is 1. The predicted molar refractivity (Wildman–Crippen MR) is 68.1 cm³/mol. The fourth-order valence-corrected chi connectivity index (χ4v) is 2.53. The molecule has 0 radical (unpaired) electrons. The molecule has 1 aromatic heterocycles. The zero-order chi connectivity index (χ0) is 14.8. The van der Waals surface area contributed by atoms with Crippen LogP contribution in [0.15, 0.2) is 6.07 Å². The molecule has 0 bridgehead atoms. The monoisotopic (exact) mass is 290 g/mol. The Morgan fingerprint density at radius 1 is 1.30 bits per heavy atom. The molecule has 0 saturated heterocycles. The lowest BCUT2D eigenvalue weighted by Gasteiger charge is -2.29. The van der Waals surface area contributed by atoms with E-state index in [-0.39, 0.29) is 30.8 Å². The average Bonchev–Trinajstić information content (AvgIpc) is 2.87.